The molecule has 1 heterocycles. The molecule has 0 saturated heterocycles. The van der Waals surface area contributed by atoms with Gasteiger partial charge in [0.05, 0.1) is 4.92 Å². The Labute approximate surface area is 103 Å². The highest BCUT2D eigenvalue weighted by Gasteiger charge is 2.12. The van der Waals surface area contributed by atoms with Crippen molar-refractivity contribution in [1.29, 1.82) is 0 Å². The van der Waals surface area contributed by atoms with Gasteiger partial charge in [0.25, 0.3) is 0 Å². The van der Waals surface area contributed by atoms with Crippen molar-refractivity contribution < 1.29 is 14.8 Å². The fourth-order valence-corrected chi connectivity index (χ4v) is 1.34. The van der Waals surface area contributed by atoms with E-state index in [2.05, 4.69) is 10.3 Å². The van der Waals surface area contributed by atoms with E-state index >= 15 is 0 Å². The Balaban J connectivity index is 2.42. The van der Waals surface area contributed by atoms with Crippen LogP contribution in [0.1, 0.15) is 19.3 Å². The van der Waals surface area contributed by atoms with E-state index in [1.807, 2.05) is 0 Å². The number of aromatic nitrogens is 1. The van der Waals surface area contributed by atoms with Gasteiger partial charge in [-0.05, 0) is 18.9 Å². The molecule has 0 aliphatic rings. The Hall–Kier alpha value is -2.38. The van der Waals surface area contributed by atoms with E-state index in [0.29, 0.717) is 25.2 Å². The van der Waals surface area contributed by atoms with Gasteiger partial charge in [0.2, 0.25) is 5.82 Å². The number of carboxylic acids is 1. The van der Waals surface area contributed by atoms with Crippen molar-refractivity contribution >= 4 is 23.3 Å². The fourth-order valence-electron chi connectivity index (χ4n) is 1.34. The number of carboxylic acid groups (broad SMARTS) is 1. The number of nitrogens with one attached hydrogen (secondary N) is 1. The summed E-state index contributed by atoms with van der Waals surface area (Å²) >= 11 is 0. The summed E-state index contributed by atoms with van der Waals surface area (Å²) in [5.74, 6) is -0.531. The Morgan fingerprint density at radius 3 is 2.78 bits per heavy atom. The van der Waals surface area contributed by atoms with Crippen LogP contribution in [0.5, 0.6) is 0 Å². The highest BCUT2D eigenvalue weighted by molar-refractivity contribution is 5.66. The van der Waals surface area contributed by atoms with Crippen molar-refractivity contribution in [2.24, 2.45) is 0 Å². The van der Waals surface area contributed by atoms with E-state index < -0.39 is 10.9 Å². The highest BCUT2D eigenvalue weighted by atomic mass is 16.6. The van der Waals surface area contributed by atoms with Crippen molar-refractivity contribution in [2.45, 2.75) is 19.3 Å². The maximum atomic E-state index is 10.5. The quantitative estimate of drug-likeness (QED) is 0.379. The number of aliphatic carboxylic acids is 1. The summed E-state index contributed by atoms with van der Waals surface area (Å²) in [5.41, 5.74) is 5.19. The lowest BCUT2D eigenvalue weighted by Gasteiger charge is -2.05. The van der Waals surface area contributed by atoms with Gasteiger partial charge in [-0.3, -0.25) is 14.9 Å². The number of nitrogens with two attached hydrogens (primary N) is 1. The van der Waals surface area contributed by atoms with Crippen molar-refractivity contribution in [3.05, 3.63) is 22.2 Å². The highest BCUT2D eigenvalue weighted by Crippen LogP contribution is 2.20. The molecule has 1 aromatic heterocycles. The molecule has 1 aromatic rings. The number of rotatable bonds is 7. The van der Waals surface area contributed by atoms with E-state index in [1.165, 1.54) is 12.1 Å². The van der Waals surface area contributed by atoms with Gasteiger partial charge in [-0.15, -0.1) is 0 Å². The maximum absolute atomic E-state index is 10.5. The molecule has 0 fully saturated rings. The first-order chi connectivity index (χ1) is 8.50. The number of pyridine rings is 1. The molecule has 4 N–H and O–H groups in total. The molecule has 0 spiro atoms. The molecule has 0 bridgehead atoms. The number of nitrogens with zero attached hydrogens (tertiary/aromatic N) is 2. The zero-order valence-corrected chi connectivity index (χ0v) is 9.63. The Morgan fingerprint density at radius 2 is 2.22 bits per heavy atom. The Kier molecular flexibility index (Phi) is 4.85. The SMILES string of the molecule is Nc1nc(NCCCCC(=O)O)ccc1[N+](=O)[O-]. The van der Waals surface area contributed by atoms with E-state index in [4.69, 9.17) is 10.8 Å². The Morgan fingerprint density at radius 1 is 1.50 bits per heavy atom. The molecular weight excluding hydrogens is 240 g/mol. The molecule has 0 radical (unpaired) electrons. The van der Waals surface area contributed by atoms with Crippen LogP contribution in [0.2, 0.25) is 0 Å². The predicted octanol–water partition coefficient (Wildman–Crippen LogP) is 1.24. The average molecular weight is 254 g/mol. The molecule has 0 saturated carbocycles. The maximum Gasteiger partial charge on any atom is 0.311 e. The largest absolute Gasteiger partial charge is 0.481 e. The first kappa shape index (κ1) is 13.7. The Bertz CT molecular complexity index is 450. The van der Waals surface area contributed by atoms with Crippen LogP contribution in [0.4, 0.5) is 17.3 Å². The van der Waals surface area contributed by atoms with Gasteiger partial charge in [-0.2, -0.15) is 0 Å². The van der Waals surface area contributed by atoms with Crippen LogP contribution in [0.3, 0.4) is 0 Å². The third-order valence-corrected chi connectivity index (χ3v) is 2.22. The van der Waals surface area contributed by atoms with Gasteiger partial charge < -0.3 is 16.2 Å². The topological polar surface area (TPSA) is 131 Å². The van der Waals surface area contributed by atoms with Gasteiger partial charge >= 0.3 is 11.7 Å². The second-order valence-electron chi connectivity index (χ2n) is 3.64. The number of hydrogen-bond donors (Lipinski definition) is 3. The number of carbonyl (C=O) groups is 1. The van der Waals surface area contributed by atoms with Crippen LogP contribution in [0.15, 0.2) is 12.1 Å². The molecule has 0 aliphatic carbocycles. The molecule has 1 rings (SSSR count). The molecule has 0 unspecified atom stereocenters. The van der Waals surface area contributed by atoms with Crippen LogP contribution >= 0.6 is 0 Å². The first-order valence-corrected chi connectivity index (χ1v) is 5.37. The third kappa shape index (κ3) is 4.24. The van der Waals surface area contributed by atoms with Gasteiger partial charge in [-0.25, -0.2) is 4.98 Å². The fraction of sp³-hybridized carbons (Fsp3) is 0.400. The summed E-state index contributed by atoms with van der Waals surface area (Å²) < 4.78 is 0. The van der Waals surface area contributed by atoms with E-state index in [1.54, 1.807) is 0 Å². The first-order valence-electron chi connectivity index (χ1n) is 5.37. The molecule has 8 nitrogen and oxygen atoms in total. The van der Waals surface area contributed by atoms with Crippen molar-refractivity contribution in [3.63, 3.8) is 0 Å². The molecule has 98 valence electrons. The number of anilines is 2. The van der Waals surface area contributed by atoms with Gasteiger partial charge in [0.15, 0.2) is 0 Å². The van der Waals surface area contributed by atoms with Crippen molar-refractivity contribution in [1.82, 2.24) is 4.98 Å². The van der Waals surface area contributed by atoms with Crippen LogP contribution in [0, 0.1) is 10.1 Å². The summed E-state index contributed by atoms with van der Waals surface area (Å²) in [6.07, 6.45) is 1.35. The lowest BCUT2D eigenvalue weighted by molar-refractivity contribution is -0.384. The third-order valence-electron chi connectivity index (χ3n) is 2.22. The summed E-state index contributed by atoms with van der Waals surface area (Å²) in [4.78, 5) is 24.0. The van der Waals surface area contributed by atoms with Crippen LogP contribution in [0.25, 0.3) is 0 Å². The van der Waals surface area contributed by atoms with Gasteiger partial charge in [0.1, 0.15) is 5.82 Å². The number of hydrogen-bond acceptors (Lipinski definition) is 6. The molecule has 0 amide bonds. The molecule has 18 heavy (non-hydrogen) atoms. The summed E-state index contributed by atoms with van der Waals surface area (Å²) in [6, 6.07) is 2.74. The number of unbranched alkanes of at least 4 members (excludes halogenated alkanes) is 1. The minimum absolute atomic E-state index is 0.123. The monoisotopic (exact) mass is 254 g/mol. The predicted molar refractivity (Wildman–Crippen MR) is 65.3 cm³/mol. The second kappa shape index (κ2) is 6.38. The molecule has 0 aromatic carbocycles. The zero-order chi connectivity index (χ0) is 13.5. The molecule has 8 heteroatoms. The van der Waals surface area contributed by atoms with Crippen LogP contribution in [-0.2, 0) is 4.79 Å². The van der Waals surface area contributed by atoms with E-state index in [0.717, 1.165) is 0 Å². The van der Waals surface area contributed by atoms with Crippen LogP contribution < -0.4 is 11.1 Å². The number of nitrogen functional groups attached to an aromatic ring is 1. The minimum Gasteiger partial charge on any atom is -0.481 e. The molecular formula is C10H14N4O4. The number of nitro groups is 1. The van der Waals surface area contributed by atoms with E-state index in [9.17, 15) is 14.9 Å². The zero-order valence-electron chi connectivity index (χ0n) is 9.63. The molecule has 0 aliphatic heterocycles. The summed E-state index contributed by atoms with van der Waals surface area (Å²) in [7, 11) is 0. The van der Waals surface area contributed by atoms with Crippen molar-refractivity contribution in [2.75, 3.05) is 17.6 Å². The standard InChI is InChI=1S/C10H14N4O4/c11-10-7(14(17)18)4-5-8(13-10)12-6-2-1-3-9(15)16/h4-5H,1-3,6H2,(H,15,16)(H3,11,12,13). The molecule has 0 atom stereocenters. The van der Waals surface area contributed by atoms with Gasteiger partial charge in [0, 0.05) is 19.0 Å². The second-order valence-corrected chi connectivity index (χ2v) is 3.64. The smallest absolute Gasteiger partial charge is 0.311 e. The normalized spacial score (nSPS) is 10.0. The average Bonchev–Trinajstić information content (AvgIpc) is 2.27. The summed E-state index contributed by atoms with van der Waals surface area (Å²) in [5, 5.41) is 21.9. The lowest BCUT2D eigenvalue weighted by Crippen LogP contribution is -2.06. The van der Waals surface area contributed by atoms with Crippen molar-refractivity contribution in [3.8, 4) is 0 Å². The summed E-state index contributed by atoms with van der Waals surface area (Å²) in [6.45, 7) is 0.539. The minimum atomic E-state index is -0.826. The van der Waals surface area contributed by atoms with E-state index in [-0.39, 0.29) is 17.9 Å². The van der Waals surface area contributed by atoms with Gasteiger partial charge in [-0.1, -0.05) is 0 Å². The van der Waals surface area contributed by atoms with Crippen LogP contribution in [-0.4, -0.2) is 27.5 Å². The lowest BCUT2D eigenvalue weighted by atomic mass is 10.2.